The van der Waals surface area contributed by atoms with E-state index in [1.165, 1.54) is 16.5 Å². The maximum Gasteiger partial charge on any atom is 0.147 e. The summed E-state index contributed by atoms with van der Waals surface area (Å²) in [7, 11) is 0. The molecule has 3 nitrogen and oxygen atoms in total. The lowest BCUT2D eigenvalue weighted by atomic mass is 10.2. The second kappa shape index (κ2) is 4.39. The molecule has 0 amide bonds. The highest BCUT2D eigenvalue weighted by molar-refractivity contribution is 7.13. The number of aromatic nitrogens is 1. The lowest BCUT2D eigenvalue weighted by molar-refractivity contribution is 0.120. The van der Waals surface area contributed by atoms with Crippen LogP contribution in [0.25, 0.3) is 10.1 Å². The predicted molar refractivity (Wildman–Crippen MR) is 67.1 cm³/mol. The smallest absolute Gasteiger partial charge is 0.147 e. The molecule has 0 aliphatic carbocycles. The van der Waals surface area contributed by atoms with Crippen molar-refractivity contribution in [1.82, 2.24) is 4.37 Å². The Bertz CT molecular complexity index is 477. The third-order valence-electron chi connectivity index (χ3n) is 2.90. The molecule has 84 valence electrons. The maximum absolute atomic E-state index is 5.58. The molecule has 0 spiro atoms. The minimum Gasteiger partial charge on any atom is -0.376 e. The first-order valence-corrected chi connectivity index (χ1v) is 6.41. The van der Waals surface area contributed by atoms with Gasteiger partial charge in [-0.3, -0.25) is 0 Å². The first-order valence-electron chi connectivity index (χ1n) is 5.63. The minimum atomic E-state index is 0.362. The van der Waals surface area contributed by atoms with Crippen molar-refractivity contribution in [3.8, 4) is 0 Å². The maximum atomic E-state index is 5.58. The summed E-state index contributed by atoms with van der Waals surface area (Å²) >= 11 is 1.54. The monoisotopic (exact) mass is 234 g/mol. The highest BCUT2D eigenvalue weighted by atomic mass is 32.1. The largest absolute Gasteiger partial charge is 0.376 e. The van der Waals surface area contributed by atoms with Crippen LogP contribution < -0.4 is 5.32 Å². The lowest BCUT2D eigenvalue weighted by Gasteiger charge is -2.09. The summed E-state index contributed by atoms with van der Waals surface area (Å²) < 4.78 is 11.2. The van der Waals surface area contributed by atoms with E-state index in [1.54, 1.807) is 11.5 Å². The van der Waals surface area contributed by atoms with Gasteiger partial charge in [0.1, 0.15) is 5.82 Å². The van der Waals surface area contributed by atoms with E-state index in [2.05, 4.69) is 21.8 Å². The van der Waals surface area contributed by atoms with Gasteiger partial charge in [-0.25, -0.2) is 0 Å². The topological polar surface area (TPSA) is 34.1 Å². The lowest BCUT2D eigenvalue weighted by Crippen LogP contribution is -2.18. The first kappa shape index (κ1) is 10.1. The van der Waals surface area contributed by atoms with E-state index in [-0.39, 0.29) is 0 Å². The fourth-order valence-corrected chi connectivity index (χ4v) is 2.78. The molecule has 0 bridgehead atoms. The molecule has 16 heavy (non-hydrogen) atoms. The standard InChI is InChI=1S/C12H14N2OS/c1-2-6-11-10(5-1)12(14-16-11)13-8-9-4-3-7-15-9/h1-2,5-6,9H,3-4,7-8H2,(H,13,14). The van der Waals surface area contributed by atoms with E-state index >= 15 is 0 Å². The molecule has 1 N–H and O–H groups in total. The Balaban J connectivity index is 1.73. The molecule has 0 radical (unpaired) electrons. The number of anilines is 1. The van der Waals surface area contributed by atoms with Crippen LogP contribution in [-0.4, -0.2) is 23.6 Å². The molecule has 1 saturated heterocycles. The summed E-state index contributed by atoms with van der Waals surface area (Å²) in [6.07, 6.45) is 2.71. The van der Waals surface area contributed by atoms with E-state index in [4.69, 9.17) is 4.74 Å². The predicted octanol–water partition coefficient (Wildman–Crippen LogP) is 2.89. The van der Waals surface area contributed by atoms with Gasteiger partial charge < -0.3 is 10.1 Å². The van der Waals surface area contributed by atoms with Gasteiger partial charge in [0.15, 0.2) is 0 Å². The Kier molecular flexibility index (Phi) is 2.76. The minimum absolute atomic E-state index is 0.362. The van der Waals surface area contributed by atoms with Gasteiger partial charge >= 0.3 is 0 Å². The number of nitrogens with one attached hydrogen (secondary N) is 1. The molecule has 1 aromatic heterocycles. The van der Waals surface area contributed by atoms with Gasteiger partial charge in [-0.05, 0) is 36.5 Å². The molecule has 4 heteroatoms. The molecule has 1 aromatic carbocycles. The van der Waals surface area contributed by atoms with Gasteiger partial charge in [0.25, 0.3) is 0 Å². The molecule has 1 aliphatic rings. The zero-order chi connectivity index (χ0) is 10.8. The van der Waals surface area contributed by atoms with Crippen molar-refractivity contribution in [3.63, 3.8) is 0 Å². The Hall–Kier alpha value is -1.13. The van der Waals surface area contributed by atoms with Crippen LogP contribution in [0.15, 0.2) is 24.3 Å². The summed E-state index contributed by atoms with van der Waals surface area (Å²) in [4.78, 5) is 0. The van der Waals surface area contributed by atoms with E-state index in [0.29, 0.717) is 6.10 Å². The van der Waals surface area contributed by atoms with Crippen LogP contribution in [0.5, 0.6) is 0 Å². The quantitative estimate of drug-likeness (QED) is 0.886. The van der Waals surface area contributed by atoms with Gasteiger partial charge in [0.05, 0.1) is 10.8 Å². The van der Waals surface area contributed by atoms with Gasteiger partial charge in [-0.15, -0.1) is 0 Å². The van der Waals surface area contributed by atoms with Crippen molar-refractivity contribution in [1.29, 1.82) is 0 Å². The fraction of sp³-hybridized carbons (Fsp3) is 0.417. The zero-order valence-corrected chi connectivity index (χ0v) is 9.80. The molecule has 2 heterocycles. The molecular formula is C12H14N2OS. The number of rotatable bonds is 3. The van der Waals surface area contributed by atoms with E-state index < -0.39 is 0 Å². The van der Waals surface area contributed by atoms with E-state index in [1.807, 2.05) is 12.1 Å². The van der Waals surface area contributed by atoms with Crippen LogP contribution in [0.3, 0.4) is 0 Å². The van der Waals surface area contributed by atoms with Gasteiger partial charge in [-0.2, -0.15) is 4.37 Å². The van der Waals surface area contributed by atoms with Crippen LogP contribution in [0, 0.1) is 0 Å². The van der Waals surface area contributed by atoms with Gasteiger partial charge in [-0.1, -0.05) is 12.1 Å². The molecule has 1 aliphatic heterocycles. The molecule has 1 atom stereocenters. The van der Waals surface area contributed by atoms with Crippen LogP contribution in [-0.2, 0) is 4.74 Å². The number of nitrogens with zero attached hydrogens (tertiary/aromatic N) is 1. The third-order valence-corrected chi connectivity index (χ3v) is 3.73. The van der Waals surface area contributed by atoms with Crippen molar-refractivity contribution >= 4 is 27.4 Å². The molecule has 1 unspecified atom stereocenters. The number of ether oxygens (including phenoxy) is 1. The Labute approximate surface area is 98.6 Å². The zero-order valence-electron chi connectivity index (χ0n) is 8.98. The van der Waals surface area contributed by atoms with Crippen LogP contribution in [0.2, 0.25) is 0 Å². The highest BCUT2D eigenvalue weighted by Gasteiger charge is 2.15. The summed E-state index contributed by atoms with van der Waals surface area (Å²) in [5, 5.41) is 4.60. The van der Waals surface area contributed by atoms with Crippen molar-refractivity contribution < 1.29 is 4.74 Å². The van der Waals surface area contributed by atoms with E-state index in [0.717, 1.165) is 25.4 Å². The second-order valence-corrected chi connectivity index (χ2v) is 4.85. The van der Waals surface area contributed by atoms with Crippen molar-refractivity contribution in [2.45, 2.75) is 18.9 Å². The summed E-state index contributed by atoms with van der Waals surface area (Å²) in [6.45, 7) is 1.78. The highest BCUT2D eigenvalue weighted by Crippen LogP contribution is 2.26. The Morgan fingerprint density at radius 1 is 1.44 bits per heavy atom. The molecule has 3 rings (SSSR count). The van der Waals surface area contributed by atoms with Gasteiger partial charge in [0, 0.05) is 18.5 Å². The summed E-state index contributed by atoms with van der Waals surface area (Å²) in [5.41, 5.74) is 0. The SMILES string of the molecule is c1ccc2c(NCC3CCCO3)nsc2c1. The Morgan fingerprint density at radius 3 is 3.25 bits per heavy atom. The van der Waals surface area contributed by atoms with Crippen molar-refractivity contribution in [2.75, 3.05) is 18.5 Å². The van der Waals surface area contributed by atoms with Crippen molar-refractivity contribution in [3.05, 3.63) is 24.3 Å². The van der Waals surface area contributed by atoms with Crippen LogP contribution >= 0.6 is 11.5 Å². The average Bonchev–Trinajstić information content (AvgIpc) is 2.96. The summed E-state index contributed by atoms with van der Waals surface area (Å²) in [6, 6.07) is 8.30. The first-order chi connectivity index (χ1) is 7.93. The van der Waals surface area contributed by atoms with Crippen LogP contribution in [0.4, 0.5) is 5.82 Å². The number of hydrogen-bond acceptors (Lipinski definition) is 4. The molecule has 1 fully saturated rings. The molecular weight excluding hydrogens is 220 g/mol. The van der Waals surface area contributed by atoms with Crippen molar-refractivity contribution in [2.24, 2.45) is 0 Å². The van der Waals surface area contributed by atoms with Crippen LogP contribution in [0.1, 0.15) is 12.8 Å². The number of fused-ring (bicyclic) bond motifs is 1. The van der Waals surface area contributed by atoms with E-state index in [9.17, 15) is 0 Å². The number of benzene rings is 1. The fourth-order valence-electron chi connectivity index (χ4n) is 2.03. The average molecular weight is 234 g/mol. The summed E-state index contributed by atoms with van der Waals surface area (Å²) in [5.74, 6) is 0.996. The molecule has 2 aromatic rings. The normalized spacial score (nSPS) is 20.4. The molecule has 0 saturated carbocycles. The number of hydrogen-bond donors (Lipinski definition) is 1. The third kappa shape index (κ3) is 1.90. The van der Waals surface area contributed by atoms with Gasteiger partial charge in [0.2, 0.25) is 0 Å². The second-order valence-electron chi connectivity index (χ2n) is 4.04. The Morgan fingerprint density at radius 2 is 2.38 bits per heavy atom.